The van der Waals surface area contributed by atoms with E-state index in [2.05, 4.69) is 30.0 Å². The number of fused-ring (bicyclic) bond motifs is 1. The summed E-state index contributed by atoms with van der Waals surface area (Å²) in [5, 5.41) is 0.765. The monoisotopic (exact) mass is 367 g/mol. The zero-order chi connectivity index (χ0) is 18.7. The molecule has 26 heavy (non-hydrogen) atoms. The molecular weight excluding hydrogens is 342 g/mol. The number of aryl methyl sites for hydroxylation is 2. The Labute approximate surface area is 159 Å². The fourth-order valence-electron chi connectivity index (χ4n) is 2.81. The minimum Gasteiger partial charge on any atom is -0.308 e. The van der Waals surface area contributed by atoms with Gasteiger partial charge in [-0.25, -0.2) is 4.98 Å². The Morgan fingerprint density at radius 1 is 1.12 bits per heavy atom. The summed E-state index contributed by atoms with van der Waals surface area (Å²) in [4.78, 5) is 21.8. The molecule has 0 fully saturated rings. The number of anilines is 1. The van der Waals surface area contributed by atoms with E-state index in [9.17, 15) is 4.79 Å². The second kappa shape index (κ2) is 7.98. The van der Waals surface area contributed by atoms with Gasteiger partial charge in [0.05, 0.1) is 10.2 Å². The summed E-state index contributed by atoms with van der Waals surface area (Å²) in [6.45, 7) is 5.55. The van der Waals surface area contributed by atoms with Gasteiger partial charge in [0.2, 0.25) is 0 Å². The molecule has 0 N–H and O–H groups in total. The molecule has 5 heteroatoms. The molecule has 0 atom stereocenters. The number of hydrogen-bond donors (Lipinski definition) is 0. The highest BCUT2D eigenvalue weighted by Crippen LogP contribution is 2.30. The van der Waals surface area contributed by atoms with Crippen LogP contribution in [-0.2, 0) is 6.42 Å². The van der Waals surface area contributed by atoms with Crippen LogP contribution in [0, 0.1) is 6.92 Å². The molecule has 0 aliphatic rings. The first-order valence-corrected chi connectivity index (χ1v) is 9.72. The summed E-state index contributed by atoms with van der Waals surface area (Å²) in [5.41, 5.74) is 4.03. The third kappa shape index (κ3) is 4.11. The number of aromatic nitrogens is 1. The smallest absolute Gasteiger partial charge is 0.260 e. The number of carbonyl (C=O) groups is 1. The van der Waals surface area contributed by atoms with Crippen LogP contribution in [0.4, 0.5) is 5.13 Å². The van der Waals surface area contributed by atoms with Gasteiger partial charge >= 0.3 is 0 Å². The first-order valence-electron chi connectivity index (χ1n) is 8.90. The number of nitrogens with zero attached hydrogens (tertiary/aromatic N) is 3. The van der Waals surface area contributed by atoms with Gasteiger partial charge in [-0.15, -0.1) is 0 Å². The van der Waals surface area contributed by atoms with E-state index >= 15 is 0 Å². The van der Waals surface area contributed by atoms with Gasteiger partial charge in [-0.2, -0.15) is 0 Å². The van der Waals surface area contributed by atoms with Gasteiger partial charge in [-0.1, -0.05) is 42.0 Å². The quantitative estimate of drug-likeness (QED) is 0.649. The van der Waals surface area contributed by atoms with Crippen molar-refractivity contribution in [2.24, 2.45) is 0 Å². The number of likely N-dealkylation sites (N-methyl/N-ethyl adjacent to an activating group) is 1. The molecule has 0 spiro atoms. The molecule has 1 heterocycles. The van der Waals surface area contributed by atoms with E-state index in [0.717, 1.165) is 33.9 Å². The topological polar surface area (TPSA) is 36.4 Å². The van der Waals surface area contributed by atoms with E-state index in [1.807, 2.05) is 50.2 Å². The van der Waals surface area contributed by atoms with Gasteiger partial charge in [0.1, 0.15) is 0 Å². The SMILES string of the molecule is CCc1ccc2nc(N(CCN(C)C)C(=O)c3cccc(C)c3)sc2c1. The van der Waals surface area contributed by atoms with Crippen molar-refractivity contribution in [2.45, 2.75) is 20.3 Å². The maximum atomic E-state index is 13.2. The van der Waals surface area contributed by atoms with Crippen LogP contribution >= 0.6 is 11.3 Å². The molecule has 0 aliphatic heterocycles. The predicted octanol–water partition coefficient (Wildman–Crippen LogP) is 4.38. The Balaban J connectivity index is 1.98. The fraction of sp³-hybridized carbons (Fsp3) is 0.333. The van der Waals surface area contributed by atoms with Gasteiger partial charge in [-0.3, -0.25) is 9.69 Å². The summed E-state index contributed by atoms with van der Waals surface area (Å²) in [6.07, 6.45) is 0.996. The van der Waals surface area contributed by atoms with E-state index in [4.69, 9.17) is 4.98 Å². The predicted molar refractivity (Wildman–Crippen MR) is 110 cm³/mol. The molecule has 3 rings (SSSR count). The number of benzene rings is 2. The van der Waals surface area contributed by atoms with Crippen LogP contribution in [-0.4, -0.2) is 43.0 Å². The Hall–Kier alpha value is -2.24. The number of thiazole rings is 1. The highest BCUT2D eigenvalue weighted by molar-refractivity contribution is 7.22. The minimum absolute atomic E-state index is 0.00493. The zero-order valence-corrected chi connectivity index (χ0v) is 16.6. The summed E-state index contributed by atoms with van der Waals surface area (Å²) in [5.74, 6) is 0.00493. The van der Waals surface area contributed by atoms with E-state index in [-0.39, 0.29) is 5.91 Å². The maximum absolute atomic E-state index is 13.2. The van der Waals surface area contributed by atoms with E-state index in [1.165, 1.54) is 5.56 Å². The second-order valence-corrected chi connectivity index (χ2v) is 7.79. The van der Waals surface area contributed by atoms with Crippen molar-refractivity contribution in [3.8, 4) is 0 Å². The van der Waals surface area contributed by atoms with Gasteiger partial charge in [0.15, 0.2) is 5.13 Å². The molecule has 0 saturated heterocycles. The lowest BCUT2D eigenvalue weighted by molar-refractivity contribution is 0.0985. The lowest BCUT2D eigenvalue weighted by Crippen LogP contribution is -2.36. The Kier molecular flexibility index (Phi) is 5.69. The van der Waals surface area contributed by atoms with Crippen LogP contribution in [0.25, 0.3) is 10.2 Å². The minimum atomic E-state index is 0.00493. The Morgan fingerprint density at radius 3 is 2.62 bits per heavy atom. The molecule has 4 nitrogen and oxygen atoms in total. The number of hydrogen-bond acceptors (Lipinski definition) is 4. The third-order valence-electron chi connectivity index (χ3n) is 4.36. The molecule has 1 aromatic heterocycles. The molecule has 3 aromatic rings. The Bertz CT molecular complexity index is 917. The van der Waals surface area contributed by atoms with Crippen LogP contribution in [0.5, 0.6) is 0 Å². The Morgan fingerprint density at radius 2 is 1.92 bits per heavy atom. The molecule has 0 radical (unpaired) electrons. The average Bonchev–Trinajstić information content (AvgIpc) is 3.04. The number of carbonyl (C=O) groups excluding carboxylic acids is 1. The molecular formula is C21H25N3OS. The highest BCUT2D eigenvalue weighted by atomic mass is 32.1. The van der Waals surface area contributed by atoms with Crippen molar-refractivity contribution in [2.75, 3.05) is 32.1 Å². The summed E-state index contributed by atoms with van der Waals surface area (Å²) in [6, 6.07) is 14.1. The highest BCUT2D eigenvalue weighted by Gasteiger charge is 2.21. The summed E-state index contributed by atoms with van der Waals surface area (Å²) in [7, 11) is 4.03. The average molecular weight is 368 g/mol. The van der Waals surface area contributed by atoms with Gasteiger partial charge in [-0.05, 0) is 57.3 Å². The molecule has 136 valence electrons. The van der Waals surface area contributed by atoms with E-state index < -0.39 is 0 Å². The summed E-state index contributed by atoms with van der Waals surface area (Å²) >= 11 is 1.59. The molecule has 0 unspecified atom stereocenters. The lowest BCUT2D eigenvalue weighted by Gasteiger charge is -2.22. The summed E-state index contributed by atoms with van der Waals surface area (Å²) < 4.78 is 1.13. The standard InChI is InChI=1S/C21H25N3OS/c1-5-16-9-10-18-19(14-16)26-21(22-18)24(12-11-23(3)4)20(25)17-8-6-7-15(2)13-17/h6-10,13-14H,5,11-12H2,1-4H3. The molecule has 1 amide bonds. The normalized spacial score (nSPS) is 11.3. The van der Waals surface area contributed by atoms with Gasteiger partial charge in [0, 0.05) is 18.7 Å². The first-order chi connectivity index (χ1) is 12.5. The zero-order valence-electron chi connectivity index (χ0n) is 15.8. The second-order valence-electron chi connectivity index (χ2n) is 6.78. The maximum Gasteiger partial charge on any atom is 0.260 e. The van der Waals surface area contributed by atoms with Gasteiger partial charge < -0.3 is 4.90 Å². The molecule has 2 aromatic carbocycles. The van der Waals surface area contributed by atoms with Crippen molar-refractivity contribution < 1.29 is 4.79 Å². The van der Waals surface area contributed by atoms with Crippen LogP contribution < -0.4 is 4.90 Å². The number of rotatable bonds is 6. The van der Waals surface area contributed by atoms with Gasteiger partial charge in [0.25, 0.3) is 5.91 Å². The van der Waals surface area contributed by atoms with E-state index in [1.54, 1.807) is 11.3 Å². The number of amides is 1. The first kappa shape index (κ1) is 18.5. The largest absolute Gasteiger partial charge is 0.308 e. The van der Waals surface area contributed by atoms with Crippen molar-refractivity contribution in [3.05, 3.63) is 59.2 Å². The van der Waals surface area contributed by atoms with Crippen LogP contribution in [0.2, 0.25) is 0 Å². The van der Waals surface area contributed by atoms with Crippen molar-refractivity contribution in [3.63, 3.8) is 0 Å². The molecule has 0 saturated carbocycles. The van der Waals surface area contributed by atoms with E-state index in [0.29, 0.717) is 12.1 Å². The van der Waals surface area contributed by atoms with Crippen LogP contribution in [0.1, 0.15) is 28.4 Å². The van der Waals surface area contributed by atoms with Crippen molar-refractivity contribution in [1.82, 2.24) is 9.88 Å². The van der Waals surface area contributed by atoms with Crippen molar-refractivity contribution >= 4 is 32.6 Å². The third-order valence-corrected chi connectivity index (χ3v) is 5.40. The molecule has 0 aliphatic carbocycles. The molecule has 0 bridgehead atoms. The van der Waals surface area contributed by atoms with Crippen LogP contribution in [0.3, 0.4) is 0 Å². The van der Waals surface area contributed by atoms with Crippen LogP contribution in [0.15, 0.2) is 42.5 Å². The van der Waals surface area contributed by atoms with Crippen molar-refractivity contribution in [1.29, 1.82) is 0 Å². The lowest BCUT2D eigenvalue weighted by atomic mass is 10.1. The fourth-order valence-corrected chi connectivity index (χ4v) is 3.86.